The fourth-order valence-electron chi connectivity index (χ4n) is 2.77. The first-order valence-electron chi connectivity index (χ1n) is 8.27. The van der Waals surface area contributed by atoms with Gasteiger partial charge in [-0.05, 0) is 43.4 Å². The molecule has 25 heavy (non-hydrogen) atoms. The molecule has 0 saturated heterocycles. The number of fused-ring (bicyclic) bond motifs is 2. The van der Waals surface area contributed by atoms with Crippen molar-refractivity contribution in [2.24, 2.45) is 0 Å². The molecular formula is C20H31BN2OY-. The Labute approximate surface area is 181 Å². The van der Waals surface area contributed by atoms with E-state index in [0.29, 0.717) is 5.56 Å². The first kappa shape index (κ1) is 29.0. The predicted octanol–water partition coefficient (Wildman–Crippen LogP) is 5.48. The van der Waals surface area contributed by atoms with Gasteiger partial charge < -0.3 is 10.1 Å². The van der Waals surface area contributed by atoms with Crippen molar-refractivity contribution in [3.05, 3.63) is 45.9 Å². The van der Waals surface area contributed by atoms with E-state index in [1.807, 2.05) is 45.9 Å². The molecular weight excluding hydrogens is 384 g/mol. The fourth-order valence-corrected chi connectivity index (χ4v) is 2.77. The van der Waals surface area contributed by atoms with Gasteiger partial charge in [0.25, 0.3) is 0 Å². The Balaban J connectivity index is -0.000000648. The summed E-state index contributed by atoms with van der Waals surface area (Å²) >= 11 is 0. The van der Waals surface area contributed by atoms with E-state index in [1.165, 1.54) is 30.3 Å². The van der Waals surface area contributed by atoms with Crippen molar-refractivity contribution >= 4 is 25.2 Å². The number of carbonyl (C=O) groups excluding carboxylic acids is 1. The van der Waals surface area contributed by atoms with Gasteiger partial charge in [-0.15, -0.1) is 7.05 Å². The molecule has 1 heterocycles. The van der Waals surface area contributed by atoms with Gasteiger partial charge in [-0.1, -0.05) is 47.3 Å². The molecule has 1 aliphatic carbocycles. The van der Waals surface area contributed by atoms with Crippen LogP contribution in [-0.4, -0.2) is 26.4 Å². The summed E-state index contributed by atoms with van der Waals surface area (Å²) in [5.74, 6) is -0.183. The van der Waals surface area contributed by atoms with E-state index in [2.05, 4.69) is 12.2 Å². The number of benzene rings is 1. The third kappa shape index (κ3) is 6.49. The van der Waals surface area contributed by atoms with Gasteiger partial charge in [0, 0.05) is 57.8 Å². The van der Waals surface area contributed by atoms with Gasteiger partial charge in [-0.2, -0.15) is 0 Å². The summed E-state index contributed by atoms with van der Waals surface area (Å²) in [4.78, 5) is 16.3. The number of aromatic nitrogens is 1. The van der Waals surface area contributed by atoms with Crippen molar-refractivity contribution in [1.29, 1.82) is 0 Å². The molecule has 1 aliphatic rings. The second-order valence-electron chi connectivity index (χ2n) is 4.78. The summed E-state index contributed by atoms with van der Waals surface area (Å²) in [7, 11) is 1.52. The van der Waals surface area contributed by atoms with E-state index in [0.717, 1.165) is 23.7 Å². The molecule has 5 heteroatoms. The minimum atomic E-state index is -0.183. The molecule has 1 amide bonds. The van der Waals surface area contributed by atoms with Gasteiger partial charge in [-0.25, -0.2) is 0 Å². The Morgan fingerprint density at radius 2 is 1.72 bits per heavy atom. The van der Waals surface area contributed by atoms with E-state index >= 15 is 0 Å². The summed E-state index contributed by atoms with van der Waals surface area (Å²) in [5, 5.41) is 4.85. The Bertz CT molecular complexity index is 660. The van der Waals surface area contributed by atoms with Crippen LogP contribution in [0.2, 0.25) is 0 Å². The van der Waals surface area contributed by atoms with Crippen LogP contribution in [0.25, 0.3) is 16.2 Å². The molecule has 1 aromatic carbocycles. The molecule has 134 valence electrons. The number of amides is 1. The molecule has 0 N–H and O–H groups in total. The van der Waals surface area contributed by atoms with E-state index < -0.39 is 0 Å². The molecule has 2 aromatic rings. The Kier molecular flexibility index (Phi) is 16.8. The standard InChI is InChI=1S/C15H16N2O.2C2H6.CH4.B.Y/c1-9-11-4-3-5-13(11)17-14-8-10(15(18)16-2)6-7-12(9)14;2*1-2;;;/h6-8H,3-5H2,1-2H3,(H,16,18);2*1-2H3;1H4;;/p-1. The quantitative estimate of drug-likeness (QED) is 0.579. The van der Waals surface area contributed by atoms with E-state index in [9.17, 15) is 4.79 Å². The average Bonchev–Trinajstić information content (AvgIpc) is 3.06. The van der Waals surface area contributed by atoms with Gasteiger partial charge in [0.2, 0.25) is 0 Å². The van der Waals surface area contributed by atoms with Crippen LogP contribution in [0.5, 0.6) is 0 Å². The SMILES string of the molecule is C.CC.CC.C[N-]C(=O)c1ccc2c(C)c3c(nc2c1)CCC3.[B].[Y]. The Hall–Kier alpha value is -0.731. The molecule has 0 bridgehead atoms. The second kappa shape index (κ2) is 14.4. The Morgan fingerprint density at radius 1 is 1.12 bits per heavy atom. The maximum atomic E-state index is 11.6. The molecule has 3 nitrogen and oxygen atoms in total. The zero-order chi connectivity index (χ0) is 16.7. The van der Waals surface area contributed by atoms with Crippen LogP contribution >= 0.6 is 0 Å². The fraction of sp³-hybridized carbons (Fsp3) is 0.500. The molecule has 4 radical (unpaired) electrons. The molecule has 0 saturated carbocycles. The third-order valence-corrected chi connectivity index (χ3v) is 3.75. The van der Waals surface area contributed by atoms with Gasteiger partial charge in [0.15, 0.2) is 0 Å². The smallest absolute Gasteiger partial charge is 0.0819 e. The minimum absolute atomic E-state index is 0. The molecule has 0 unspecified atom stereocenters. The molecule has 1 aromatic heterocycles. The van der Waals surface area contributed by atoms with Crippen molar-refractivity contribution in [2.45, 2.75) is 61.3 Å². The molecule has 0 spiro atoms. The van der Waals surface area contributed by atoms with Crippen LogP contribution in [0.15, 0.2) is 18.2 Å². The van der Waals surface area contributed by atoms with Crippen molar-refractivity contribution in [2.75, 3.05) is 7.05 Å². The number of pyridine rings is 1. The second-order valence-corrected chi connectivity index (χ2v) is 4.78. The average molecular weight is 415 g/mol. The number of nitrogens with zero attached hydrogens (tertiary/aromatic N) is 2. The van der Waals surface area contributed by atoms with Gasteiger partial charge in [0.1, 0.15) is 0 Å². The topological polar surface area (TPSA) is 44.1 Å². The van der Waals surface area contributed by atoms with Crippen LogP contribution in [-0.2, 0) is 45.6 Å². The minimum Gasteiger partial charge on any atom is -0.652 e. The van der Waals surface area contributed by atoms with Crippen LogP contribution in [0.3, 0.4) is 0 Å². The molecule has 0 fully saturated rings. The van der Waals surface area contributed by atoms with Crippen LogP contribution in [0.4, 0.5) is 0 Å². The number of aryl methyl sites for hydroxylation is 2. The predicted molar refractivity (Wildman–Crippen MR) is 107 cm³/mol. The zero-order valence-electron chi connectivity index (χ0n) is 15.8. The first-order chi connectivity index (χ1) is 10.7. The van der Waals surface area contributed by atoms with E-state index in [-0.39, 0.29) is 54.5 Å². The van der Waals surface area contributed by atoms with Gasteiger partial charge in [-0.3, -0.25) is 4.98 Å². The summed E-state index contributed by atoms with van der Waals surface area (Å²) in [6.45, 7) is 10.2. The largest absolute Gasteiger partial charge is 0.652 e. The maximum absolute atomic E-state index is 11.6. The summed E-state index contributed by atoms with van der Waals surface area (Å²) < 4.78 is 0. The van der Waals surface area contributed by atoms with Gasteiger partial charge in [0.05, 0.1) is 11.4 Å². The number of rotatable bonds is 1. The molecule has 0 aliphatic heterocycles. The van der Waals surface area contributed by atoms with Crippen molar-refractivity contribution in [1.82, 2.24) is 4.98 Å². The van der Waals surface area contributed by atoms with Crippen LogP contribution < -0.4 is 0 Å². The van der Waals surface area contributed by atoms with E-state index in [4.69, 9.17) is 4.98 Å². The number of hydrogen-bond donors (Lipinski definition) is 0. The Morgan fingerprint density at radius 3 is 2.28 bits per heavy atom. The normalized spacial score (nSPS) is 10.3. The van der Waals surface area contributed by atoms with Gasteiger partial charge >= 0.3 is 0 Å². The van der Waals surface area contributed by atoms with Crippen LogP contribution in [0, 0.1) is 6.92 Å². The monoisotopic (exact) mass is 415 g/mol. The number of hydrogen-bond acceptors (Lipinski definition) is 2. The molecule has 3 rings (SSSR count). The summed E-state index contributed by atoms with van der Waals surface area (Å²) in [6.07, 6.45) is 3.38. The third-order valence-electron chi connectivity index (χ3n) is 3.75. The summed E-state index contributed by atoms with van der Waals surface area (Å²) in [6, 6.07) is 5.69. The van der Waals surface area contributed by atoms with Crippen molar-refractivity contribution in [3.8, 4) is 0 Å². The molecule has 0 atom stereocenters. The van der Waals surface area contributed by atoms with Crippen molar-refractivity contribution < 1.29 is 37.5 Å². The summed E-state index contributed by atoms with van der Waals surface area (Å²) in [5.41, 5.74) is 5.47. The maximum Gasteiger partial charge on any atom is 0.0819 e. The van der Waals surface area contributed by atoms with Crippen molar-refractivity contribution in [3.63, 3.8) is 0 Å². The zero-order valence-corrected chi connectivity index (χ0v) is 18.6. The first-order valence-corrected chi connectivity index (χ1v) is 8.27. The van der Waals surface area contributed by atoms with E-state index in [1.54, 1.807) is 0 Å². The van der Waals surface area contributed by atoms with Crippen LogP contribution in [0.1, 0.15) is 68.7 Å². The number of carbonyl (C=O) groups is 1.